The molecule has 3 aromatic carbocycles. The number of halogens is 4. The lowest BCUT2D eigenvalue weighted by Gasteiger charge is -2.10. The molecule has 0 saturated heterocycles. The van der Waals surface area contributed by atoms with Crippen LogP contribution in [0.4, 0.5) is 24.5 Å². The predicted octanol–water partition coefficient (Wildman–Crippen LogP) is 5.90. The van der Waals surface area contributed by atoms with Gasteiger partial charge in [0.05, 0.1) is 29.1 Å². The summed E-state index contributed by atoms with van der Waals surface area (Å²) in [7, 11) is 1.25. The third kappa shape index (κ3) is 6.70. The van der Waals surface area contributed by atoms with Crippen LogP contribution in [-0.2, 0) is 4.74 Å². The smallest absolute Gasteiger partial charge is 0.430 e. The molecule has 0 spiro atoms. The average molecular weight is 502 g/mol. The van der Waals surface area contributed by atoms with Gasteiger partial charge in [-0.2, -0.15) is 13.2 Å². The van der Waals surface area contributed by atoms with Gasteiger partial charge in [0.1, 0.15) is 5.70 Å². The summed E-state index contributed by atoms with van der Waals surface area (Å²) in [6, 6.07) is 18.3. The highest BCUT2D eigenvalue weighted by molar-refractivity contribution is 6.33. The second kappa shape index (κ2) is 10.9. The summed E-state index contributed by atoms with van der Waals surface area (Å²) in [6.45, 7) is 0. The summed E-state index contributed by atoms with van der Waals surface area (Å²) >= 11 is 6.10. The number of carbonyl (C=O) groups is 2. The third-order valence-electron chi connectivity index (χ3n) is 4.70. The van der Waals surface area contributed by atoms with Gasteiger partial charge in [0.25, 0.3) is 5.91 Å². The number of amides is 1. The highest BCUT2D eigenvalue weighted by Gasteiger charge is 2.31. The number of hydrogen-bond donors (Lipinski definition) is 2. The molecule has 0 radical (unpaired) electrons. The van der Waals surface area contributed by atoms with Crippen LogP contribution in [0.5, 0.6) is 0 Å². The molecule has 35 heavy (non-hydrogen) atoms. The van der Waals surface area contributed by atoms with E-state index in [9.17, 15) is 22.8 Å². The first kappa shape index (κ1) is 25.5. The lowest BCUT2D eigenvalue weighted by atomic mass is 10.1. The Morgan fingerprint density at radius 2 is 1.63 bits per heavy atom. The normalized spacial score (nSPS) is 12.3. The number of carbonyl (C=O) groups excluding carboxylic acids is 2. The van der Waals surface area contributed by atoms with E-state index in [1.54, 1.807) is 36.4 Å². The summed E-state index contributed by atoms with van der Waals surface area (Å²) in [5, 5.41) is 2.90. The van der Waals surface area contributed by atoms with E-state index in [2.05, 4.69) is 15.0 Å². The van der Waals surface area contributed by atoms with Crippen LogP contribution in [0.1, 0.15) is 26.3 Å². The number of esters is 1. The van der Waals surface area contributed by atoms with Gasteiger partial charge in [-0.25, -0.2) is 9.79 Å². The summed E-state index contributed by atoms with van der Waals surface area (Å²) in [4.78, 5) is 28.6. The number of para-hydroxylation sites is 1. The SMILES string of the molecule is COC(=O)c1cccc(NC(=O)c2ccc(C(/C=C(\N)C(F)(F)F)=Nc3ccccc3Cl)cc2)c1. The molecule has 0 aliphatic carbocycles. The standard InChI is InChI=1S/C25H19ClF3N3O3/c1-35-24(34)17-5-4-6-18(13-17)31-23(33)16-11-9-15(10-12-16)21(14-22(30)25(27,28)29)32-20-8-3-2-7-19(20)26/h2-14H,30H2,1H3,(H,31,33)/b22-14-,32-21?. The van der Waals surface area contributed by atoms with Gasteiger partial charge < -0.3 is 15.8 Å². The zero-order valence-electron chi connectivity index (χ0n) is 18.3. The molecule has 0 atom stereocenters. The molecule has 0 heterocycles. The number of benzene rings is 3. The number of nitrogens with two attached hydrogens (primary N) is 1. The van der Waals surface area contributed by atoms with Crippen LogP contribution in [-0.4, -0.2) is 30.9 Å². The molecule has 6 nitrogen and oxygen atoms in total. The number of anilines is 1. The van der Waals surface area contributed by atoms with Crippen molar-refractivity contribution in [2.45, 2.75) is 6.18 Å². The summed E-state index contributed by atoms with van der Waals surface area (Å²) < 4.78 is 43.9. The molecule has 0 bridgehead atoms. The molecule has 0 aliphatic rings. The number of rotatable bonds is 6. The second-order valence-electron chi connectivity index (χ2n) is 7.15. The Morgan fingerprint density at radius 3 is 2.26 bits per heavy atom. The first-order valence-corrected chi connectivity index (χ1v) is 10.4. The zero-order valence-corrected chi connectivity index (χ0v) is 19.0. The van der Waals surface area contributed by atoms with Gasteiger partial charge in [-0.05, 0) is 48.5 Å². The van der Waals surface area contributed by atoms with Crippen molar-refractivity contribution in [1.29, 1.82) is 0 Å². The van der Waals surface area contributed by atoms with Crippen LogP contribution in [0, 0.1) is 0 Å². The Balaban J connectivity index is 1.90. The highest BCUT2D eigenvalue weighted by atomic mass is 35.5. The molecule has 1 amide bonds. The molecular weight excluding hydrogens is 483 g/mol. The summed E-state index contributed by atoms with van der Waals surface area (Å²) in [5.41, 5.74) is 5.16. The fourth-order valence-electron chi connectivity index (χ4n) is 2.92. The maximum absolute atomic E-state index is 13.1. The van der Waals surface area contributed by atoms with Crippen LogP contribution >= 0.6 is 11.6 Å². The van der Waals surface area contributed by atoms with Crippen molar-refractivity contribution in [3.8, 4) is 0 Å². The van der Waals surface area contributed by atoms with Gasteiger partial charge in [0, 0.05) is 16.8 Å². The van der Waals surface area contributed by atoms with Crippen LogP contribution in [0.2, 0.25) is 5.02 Å². The second-order valence-corrected chi connectivity index (χ2v) is 7.56. The van der Waals surface area contributed by atoms with Crippen molar-refractivity contribution in [1.82, 2.24) is 0 Å². The maximum atomic E-state index is 13.1. The highest BCUT2D eigenvalue weighted by Crippen LogP contribution is 2.27. The number of ether oxygens (including phenoxy) is 1. The third-order valence-corrected chi connectivity index (χ3v) is 5.02. The van der Waals surface area contributed by atoms with E-state index >= 15 is 0 Å². The molecule has 0 unspecified atom stereocenters. The number of nitrogens with one attached hydrogen (secondary N) is 1. The monoisotopic (exact) mass is 501 g/mol. The molecule has 3 rings (SSSR count). The minimum absolute atomic E-state index is 0.0920. The number of alkyl halides is 3. The first-order chi connectivity index (χ1) is 16.6. The van der Waals surface area contributed by atoms with Gasteiger partial charge in [-0.15, -0.1) is 0 Å². The minimum Gasteiger partial charge on any atom is -0.465 e. The zero-order chi connectivity index (χ0) is 25.6. The number of nitrogens with zero attached hydrogens (tertiary/aromatic N) is 1. The van der Waals surface area contributed by atoms with Gasteiger partial charge in [-0.3, -0.25) is 4.79 Å². The Hall–Kier alpha value is -4.11. The quantitative estimate of drug-likeness (QED) is 0.324. The van der Waals surface area contributed by atoms with Crippen LogP contribution in [0.3, 0.4) is 0 Å². The molecule has 10 heteroatoms. The molecule has 0 aromatic heterocycles. The lowest BCUT2D eigenvalue weighted by molar-refractivity contribution is -0.0925. The molecule has 0 fully saturated rings. The first-order valence-electron chi connectivity index (χ1n) is 10.1. The Bertz CT molecular complexity index is 1300. The van der Waals surface area contributed by atoms with Crippen LogP contribution in [0.15, 0.2) is 89.6 Å². The maximum Gasteiger partial charge on any atom is 0.430 e. The van der Waals surface area contributed by atoms with E-state index in [4.69, 9.17) is 17.3 Å². The van der Waals surface area contributed by atoms with Crippen molar-refractivity contribution in [2.24, 2.45) is 10.7 Å². The van der Waals surface area contributed by atoms with Crippen molar-refractivity contribution in [3.63, 3.8) is 0 Å². The number of methoxy groups -OCH3 is 1. The van der Waals surface area contributed by atoms with E-state index in [1.165, 1.54) is 43.5 Å². The van der Waals surface area contributed by atoms with E-state index in [-0.39, 0.29) is 33.1 Å². The molecule has 0 saturated carbocycles. The van der Waals surface area contributed by atoms with Crippen LogP contribution < -0.4 is 11.1 Å². The Morgan fingerprint density at radius 1 is 0.971 bits per heavy atom. The largest absolute Gasteiger partial charge is 0.465 e. The minimum atomic E-state index is -4.75. The number of hydrogen-bond acceptors (Lipinski definition) is 5. The average Bonchev–Trinajstić information content (AvgIpc) is 2.84. The molecular formula is C25H19ClF3N3O3. The molecule has 0 aliphatic heterocycles. The summed E-state index contributed by atoms with van der Waals surface area (Å²) in [6.07, 6.45) is -4.05. The number of allylic oxidation sites excluding steroid dienone is 2. The van der Waals surface area contributed by atoms with E-state index in [0.717, 1.165) is 0 Å². The summed E-state index contributed by atoms with van der Waals surface area (Å²) in [5.74, 6) is -1.05. The van der Waals surface area contributed by atoms with Crippen molar-refractivity contribution >= 4 is 40.6 Å². The van der Waals surface area contributed by atoms with Crippen molar-refractivity contribution in [3.05, 3.63) is 106 Å². The van der Waals surface area contributed by atoms with E-state index in [1.807, 2.05) is 0 Å². The number of aliphatic imine (C=N–C) groups is 1. The Kier molecular flexibility index (Phi) is 7.93. The predicted molar refractivity (Wildman–Crippen MR) is 128 cm³/mol. The van der Waals surface area contributed by atoms with Gasteiger partial charge in [0.15, 0.2) is 0 Å². The fraction of sp³-hybridized carbons (Fsp3) is 0.0800. The van der Waals surface area contributed by atoms with Crippen molar-refractivity contribution < 1.29 is 27.5 Å². The fourth-order valence-corrected chi connectivity index (χ4v) is 3.10. The van der Waals surface area contributed by atoms with Crippen molar-refractivity contribution in [2.75, 3.05) is 12.4 Å². The van der Waals surface area contributed by atoms with Gasteiger partial charge >= 0.3 is 12.1 Å². The topological polar surface area (TPSA) is 93.8 Å². The van der Waals surface area contributed by atoms with Gasteiger partial charge in [0.2, 0.25) is 0 Å². The van der Waals surface area contributed by atoms with Crippen LogP contribution in [0.25, 0.3) is 0 Å². The lowest BCUT2D eigenvalue weighted by Crippen LogP contribution is -2.21. The molecule has 3 N–H and O–H groups in total. The van der Waals surface area contributed by atoms with Gasteiger partial charge in [-0.1, -0.05) is 41.9 Å². The van der Waals surface area contributed by atoms with E-state index in [0.29, 0.717) is 11.8 Å². The molecule has 180 valence electrons. The Labute approximate surface area is 203 Å². The molecule has 3 aromatic rings. The van der Waals surface area contributed by atoms with E-state index < -0.39 is 23.7 Å².